The largest absolute Gasteiger partial charge is 0.373 e. The summed E-state index contributed by atoms with van der Waals surface area (Å²) < 4.78 is 0. The van der Waals surface area contributed by atoms with Crippen LogP contribution in [0.25, 0.3) is 0 Å². The van der Waals surface area contributed by atoms with Crippen LogP contribution in [-0.4, -0.2) is 18.5 Å². The Bertz CT molecular complexity index is 1320. The van der Waals surface area contributed by atoms with Gasteiger partial charge in [-0.15, -0.1) is 4.91 Å². The van der Waals surface area contributed by atoms with Crippen molar-refractivity contribution in [3.05, 3.63) is 67.0 Å². The van der Waals surface area contributed by atoms with Crippen LogP contribution >= 0.6 is 23.5 Å². The molecule has 1 rings (SSSR count). The quantitative estimate of drug-likeness (QED) is 0.0499. The number of nitroso groups, excluding NO2 is 1. The predicted octanol–water partition coefficient (Wildman–Crippen LogP) is 14.3. The lowest BCUT2D eigenvalue weighted by Crippen LogP contribution is -2.26. The summed E-state index contributed by atoms with van der Waals surface area (Å²) in [5.41, 5.74) is 7.49. The maximum absolute atomic E-state index is 12.8. The van der Waals surface area contributed by atoms with E-state index in [1.54, 1.807) is 23.5 Å². The van der Waals surface area contributed by atoms with Crippen molar-refractivity contribution in [3.63, 3.8) is 0 Å². The first-order chi connectivity index (χ1) is 22.4. The molecule has 0 radical (unpaired) electrons. The maximum Gasteiger partial charge on any atom is 0.136 e. The van der Waals surface area contributed by atoms with Crippen LogP contribution in [0.4, 0.5) is 5.69 Å². The Balaban J connectivity index is 3.67. The van der Waals surface area contributed by atoms with Crippen LogP contribution in [-0.2, 0) is 0 Å². The van der Waals surface area contributed by atoms with Crippen molar-refractivity contribution in [3.8, 4) is 6.07 Å². The first-order valence-corrected chi connectivity index (χ1v) is 19.7. The highest BCUT2D eigenvalue weighted by Gasteiger charge is 2.24. The van der Waals surface area contributed by atoms with Gasteiger partial charge >= 0.3 is 0 Å². The molecule has 47 heavy (non-hydrogen) atoms. The molecule has 6 heteroatoms. The lowest BCUT2D eigenvalue weighted by molar-refractivity contribution is 0.310. The van der Waals surface area contributed by atoms with Gasteiger partial charge in [0.1, 0.15) is 11.8 Å². The van der Waals surface area contributed by atoms with E-state index in [9.17, 15) is 10.2 Å². The number of nitrogens with zero attached hydrogens (tertiary/aromatic N) is 3. The number of rotatable bonds is 23. The van der Waals surface area contributed by atoms with E-state index in [0.717, 1.165) is 98.2 Å². The molecule has 0 aliphatic rings. The van der Waals surface area contributed by atoms with E-state index >= 15 is 0 Å². The van der Waals surface area contributed by atoms with Gasteiger partial charge in [-0.25, -0.2) is 0 Å². The zero-order valence-electron chi connectivity index (χ0n) is 31.8. The average Bonchev–Trinajstić information content (AvgIpc) is 3.04. The minimum absolute atomic E-state index is 0.472. The lowest BCUT2D eigenvalue weighted by Gasteiger charge is -2.29. The van der Waals surface area contributed by atoms with Crippen LogP contribution in [0.5, 0.6) is 0 Å². The van der Waals surface area contributed by atoms with Gasteiger partial charge in [-0.3, -0.25) is 0 Å². The van der Waals surface area contributed by atoms with E-state index in [-0.39, 0.29) is 0 Å². The Morgan fingerprint density at radius 1 is 0.830 bits per heavy atom. The Labute approximate surface area is 298 Å². The number of hydrogen-bond donors (Lipinski definition) is 0. The van der Waals surface area contributed by atoms with Gasteiger partial charge in [0.25, 0.3) is 0 Å². The molecule has 4 nitrogen and oxygen atoms in total. The SMILES string of the molecule is C=C(CCC(CC)CCCC)/C(C#N)=C(\CCC)Sc1c(C)c(C)c(C)c(S/C(C)=C(\C(=C)C)N(C)CC(CC)CCCC)c1N=O. The summed E-state index contributed by atoms with van der Waals surface area (Å²) in [7, 11) is 2.17. The van der Waals surface area contributed by atoms with Crippen molar-refractivity contribution >= 4 is 29.2 Å². The standard InChI is InChI=1S/C41H65N3OS2/c1-14-19-22-34(17-4)25-24-29(8)36(26-42)37(21-16-3)47-41-32(11)30(9)31(10)40(38(41)43-45)46-33(12)39(28(6)7)44(13)27-35(18-5)23-20-15-2/h34-35H,6,8,14-25,27H2,1-5,7,9-13H3/b37-36+,39-33+. The van der Waals surface area contributed by atoms with Gasteiger partial charge in [-0.2, -0.15) is 5.26 Å². The van der Waals surface area contributed by atoms with Gasteiger partial charge in [-0.1, -0.05) is 123 Å². The monoisotopic (exact) mass is 679 g/mol. The van der Waals surface area contributed by atoms with Gasteiger partial charge in [0, 0.05) is 38.9 Å². The molecule has 0 N–H and O–H groups in total. The Kier molecular flexibility index (Phi) is 20.4. The third-order valence-electron chi connectivity index (χ3n) is 9.62. The molecule has 0 aliphatic heterocycles. The molecule has 0 bridgehead atoms. The Hall–Kier alpha value is -2.23. The van der Waals surface area contributed by atoms with Crippen LogP contribution in [0, 0.1) is 48.8 Å². The first-order valence-electron chi connectivity index (χ1n) is 18.1. The highest BCUT2D eigenvalue weighted by Crippen LogP contribution is 2.50. The molecule has 1 aromatic carbocycles. The van der Waals surface area contributed by atoms with Crippen LogP contribution in [0.15, 0.2) is 60.4 Å². The Morgan fingerprint density at radius 3 is 1.85 bits per heavy atom. The molecule has 2 unspecified atom stereocenters. The van der Waals surface area contributed by atoms with Crippen molar-refractivity contribution in [2.75, 3.05) is 13.6 Å². The van der Waals surface area contributed by atoms with E-state index < -0.39 is 0 Å². The second-order valence-corrected chi connectivity index (χ2v) is 15.7. The molecule has 1 aromatic rings. The summed E-state index contributed by atoms with van der Waals surface area (Å²) in [5.74, 6) is 1.28. The molecule has 262 valence electrons. The predicted molar refractivity (Wildman–Crippen MR) is 210 cm³/mol. The van der Waals surface area contributed by atoms with E-state index in [1.807, 2.05) is 0 Å². The maximum atomic E-state index is 12.8. The molecule has 0 heterocycles. The van der Waals surface area contributed by atoms with Crippen molar-refractivity contribution in [2.24, 2.45) is 17.0 Å². The van der Waals surface area contributed by atoms with E-state index in [1.165, 1.54) is 38.5 Å². The third kappa shape index (κ3) is 12.6. The van der Waals surface area contributed by atoms with Crippen molar-refractivity contribution in [2.45, 2.75) is 156 Å². The number of hydrogen-bond acceptors (Lipinski definition) is 6. The van der Waals surface area contributed by atoms with Gasteiger partial charge in [0.15, 0.2) is 0 Å². The van der Waals surface area contributed by atoms with Crippen LogP contribution in [0.1, 0.15) is 142 Å². The fraction of sp³-hybridized carbons (Fsp3) is 0.634. The topological polar surface area (TPSA) is 56.5 Å². The molecule has 2 atom stereocenters. The number of allylic oxidation sites excluding steroid dienone is 5. The van der Waals surface area contributed by atoms with Gasteiger partial charge in [0.05, 0.1) is 5.57 Å². The summed E-state index contributed by atoms with van der Waals surface area (Å²) in [6, 6.07) is 2.52. The number of likely N-dealkylation sites (N-methyl/N-ethyl adjacent to an activating group) is 1. The number of unbranched alkanes of at least 4 members (excludes halogenated alkanes) is 2. The molecule has 0 saturated carbocycles. The van der Waals surface area contributed by atoms with Crippen molar-refractivity contribution in [1.29, 1.82) is 5.26 Å². The third-order valence-corrected chi connectivity index (χ3v) is 12.2. The summed E-state index contributed by atoms with van der Waals surface area (Å²) in [6.45, 7) is 31.4. The zero-order valence-corrected chi connectivity index (χ0v) is 33.5. The van der Waals surface area contributed by atoms with E-state index in [4.69, 9.17) is 0 Å². The normalized spacial score (nSPS) is 13.7. The van der Waals surface area contributed by atoms with Crippen molar-refractivity contribution in [1.82, 2.24) is 4.90 Å². The van der Waals surface area contributed by atoms with Crippen LogP contribution in [0.3, 0.4) is 0 Å². The molecule has 0 fully saturated rings. The second-order valence-electron chi connectivity index (χ2n) is 13.4. The van der Waals surface area contributed by atoms with Gasteiger partial charge in [0.2, 0.25) is 0 Å². The number of thioether (sulfide) groups is 2. The first kappa shape index (κ1) is 42.8. The fourth-order valence-corrected chi connectivity index (χ4v) is 9.10. The van der Waals surface area contributed by atoms with Gasteiger partial charge < -0.3 is 4.90 Å². The molecule has 0 spiro atoms. The number of benzene rings is 1. The minimum Gasteiger partial charge on any atom is -0.373 e. The molecule has 0 aliphatic carbocycles. The van der Waals surface area contributed by atoms with E-state index in [2.05, 4.69) is 106 Å². The minimum atomic E-state index is 0.472. The van der Waals surface area contributed by atoms with Crippen LogP contribution < -0.4 is 0 Å². The fourth-order valence-electron chi connectivity index (χ4n) is 6.37. The highest BCUT2D eigenvalue weighted by atomic mass is 32.2. The average molecular weight is 680 g/mol. The van der Waals surface area contributed by atoms with Gasteiger partial charge in [-0.05, 0) is 105 Å². The second kappa shape index (κ2) is 22.4. The lowest BCUT2D eigenvalue weighted by atomic mass is 9.91. The highest BCUT2D eigenvalue weighted by molar-refractivity contribution is 8.04. The van der Waals surface area contributed by atoms with Crippen molar-refractivity contribution < 1.29 is 0 Å². The zero-order chi connectivity index (χ0) is 35.7. The summed E-state index contributed by atoms with van der Waals surface area (Å²) in [5, 5.41) is 14.1. The molecule has 0 saturated heterocycles. The summed E-state index contributed by atoms with van der Waals surface area (Å²) in [4.78, 5) is 19.0. The van der Waals surface area contributed by atoms with E-state index in [0.29, 0.717) is 23.1 Å². The smallest absolute Gasteiger partial charge is 0.136 e. The molecular formula is C41H65N3OS2. The summed E-state index contributed by atoms with van der Waals surface area (Å²) >= 11 is 3.18. The Morgan fingerprint density at radius 2 is 1.38 bits per heavy atom. The molecule has 0 amide bonds. The molecule has 0 aromatic heterocycles. The van der Waals surface area contributed by atoms with Crippen LogP contribution in [0.2, 0.25) is 0 Å². The summed E-state index contributed by atoms with van der Waals surface area (Å²) in [6.07, 6.45) is 13.2. The number of nitriles is 1. The molecular weight excluding hydrogens is 615 g/mol.